The summed E-state index contributed by atoms with van der Waals surface area (Å²) in [5.41, 5.74) is 5.82. The molecule has 0 heterocycles. The minimum Gasteiger partial charge on any atom is -0.329 e. The SMILES string of the molecule is CSc1cccc(NC(=O)C(=O)N(CCN)C(C)=O)c1. The number of imide groups is 1. The Morgan fingerprint density at radius 3 is 2.60 bits per heavy atom. The summed E-state index contributed by atoms with van der Waals surface area (Å²) in [5.74, 6) is -2.27. The zero-order valence-electron chi connectivity index (χ0n) is 11.4. The van der Waals surface area contributed by atoms with Crippen LogP contribution in [0.25, 0.3) is 0 Å². The van der Waals surface area contributed by atoms with Crippen LogP contribution in [0.15, 0.2) is 29.2 Å². The van der Waals surface area contributed by atoms with E-state index in [1.54, 1.807) is 18.2 Å². The van der Waals surface area contributed by atoms with Gasteiger partial charge in [-0.15, -0.1) is 11.8 Å². The fourth-order valence-corrected chi connectivity index (χ4v) is 2.00. The van der Waals surface area contributed by atoms with E-state index in [0.29, 0.717) is 5.69 Å². The molecule has 3 amide bonds. The molecule has 108 valence electrons. The molecule has 0 fully saturated rings. The van der Waals surface area contributed by atoms with Crippen molar-refractivity contribution < 1.29 is 14.4 Å². The number of nitrogens with one attached hydrogen (secondary N) is 1. The van der Waals surface area contributed by atoms with E-state index in [1.165, 1.54) is 18.7 Å². The Morgan fingerprint density at radius 1 is 1.35 bits per heavy atom. The molecule has 6 nitrogen and oxygen atoms in total. The average molecular weight is 295 g/mol. The van der Waals surface area contributed by atoms with E-state index < -0.39 is 17.7 Å². The van der Waals surface area contributed by atoms with Gasteiger partial charge in [0.1, 0.15) is 0 Å². The zero-order chi connectivity index (χ0) is 15.1. The normalized spacial score (nSPS) is 9.95. The number of carbonyl (C=O) groups is 3. The van der Waals surface area contributed by atoms with Crippen molar-refractivity contribution in [3.05, 3.63) is 24.3 Å². The maximum absolute atomic E-state index is 11.9. The number of nitrogens with zero attached hydrogens (tertiary/aromatic N) is 1. The van der Waals surface area contributed by atoms with Crippen LogP contribution in [0.5, 0.6) is 0 Å². The Bertz CT molecular complexity index is 519. The summed E-state index contributed by atoms with van der Waals surface area (Å²) < 4.78 is 0. The highest BCUT2D eigenvalue weighted by molar-refractivity contribution is 7.98. The first-order valence-electron chi connectivity index (χ1n) is 5.97. The molecule has 0 radical (unpaired) electrons. The van der Waals surface area contributed by atoms with E-state index in [4.69, 9.17) is 5.73 Å². The van der Waals surface area contributed by atoms with Gasteiger partial charge < -0.3 is 11.1 Å². The van der Waals surface area contributed by atoms with Crippen molar-refractivity contribution in [2.75, 3.05) is 24.7 Å². The van der Waals surface area contributed by atoms with Gasteiger partial charge in [-0.3, -0.25) is 19.3 Å². The smallest absolute Gasteiger partial charge is 0.318 e. The van der Waals surface area contributed by atoms with E-state index in [2.05, 4.69) is 5.32 Å². The van der Waals surface area contributed by atoms with Gasteiger partial charge in [-0.25, -0.2) is 0 Å². The Hall–Kier alpha value is -1.86. The molecular formula is C13H17N3O3S. The average Bonchev–Trinajstić information content (AvgIpc) is 2.43. The first-order chi connectivity index (χ1) is 9.49. The lowest BCUT2D eigenvalue weighted by Crippen LogP contribution is -2.44. The third-order valence-corrected chi connectivity index (χ3v) is 3.23. The molecule has 0 aliphatic heterocycles. The minimum absolute atomic E-state index is 0.0203. The minimum atomic E-state index is -0.905. The second kappa shape index (κ2) is 7.66. The van der Waals surface area contributed by atoms with Crippen molar-refractivity contribution in [3.63, 3.8) is 0 Å². The molecule has 0 aliphatic carbocycles. The van der Waals surface area contributed by atoms with Crippen LogP contribution in [0, 0.1) is 0 Å². The fourth-order valence-electron chi connectivity index (χ4n) is 1.54. The fraction of sp³-hybridized carbons (Fsp3) is 0.308. The third kappa shape index (κ3) is 4.36. The number of rotatable bonds is 4. The van der Waals surface area contributed by atoms with Crippen molar-refractivity contribution in [3.8, 4) is 0 Å². The van der Waals surface area contributed by atoms with Crippen LogP contribution < -0.4 is 11.1 Å². The van der Waals surface area contributed by atoms with Gasteiger partial charge in [0.15, 0.2) is 0 Å². The van der Waals surface area contributed by atoms with Crippen LogP contribution in [-0.4, -0.2) is 42.0 Å². The monoisotopic (exact) mass is 295 g/mol. The second-order valence-corrected chi connectivity index (χ2v) is 4.83. The molecule has 0 saturated heterocycles. The Balaban J connectivity index is 2.78. The van der Waals surface area contributed by atoms with Gasteiger partial charge in [0.25, 0.3) is 0 Å². The van der Waals surface area contributed by atoms with E-state index in [0.717, 1.165) is 9.80 Å². The first kappa shape index (κ1) is 16.2. The van der Waals surface area contributed by atoms with E-state index >= 15 is 0 Å². The van der Waals surface area contributed by atoms with Gasteiger partial charge in [0.2, 0.25) is 5.91 Å². The van der Waals surface area contributed by atoms with Gasteiger partial charge in [-0.05, 0) is 24.5 Å². The Labute approximate surface area is 121 Å². The molecule has 0 bridgehead atoms. The highest BCUT2D eigenvalue weighted by Crippen LogP contribution is 2.18. The van der Waals surface area contributed by atoms with Crippen LogP contribution in [-0.2, 0) is 14.4 Å². The second-order valence-electron chi connectivity index (χ2n) is 3.95. The summed E-state index contributed by atoms with van der Waals surface area (Å²) in [6, 6.07) is 7.08. The van der Waals surface area contributed by atoms with Crippen molar-refractivity contribution in [2.24, 2.45) is 5.73 Å². The molecule has 0 saturated carbocycles. The molecule has 0 aromatic heterocycles. The van der Waals surface area contributed by atoms with E-state index in [1.807, 2.05) is 12.3 Å². The summed E-state index contributed by atoms with van der Waals surface area (Å²) in [6.07, 6.45) is 1.91. The maximum Gasteiger partial charge on any atom is 0.318 e. The van der Waals surface area contributed by atoms with Crippen LogP contribution in [0.4, 0.5) is 5.69 Å². The molecule has 0 atom stereocenters. The number of benzene rings is 1. The lowest BCUT2D eigenvalue weighted by molar-refractivity contribution is -0.149. The number of carbonyl (C=O) groups excluding carboxylic acids is 3. The predicted octanol–water partition coefficient (Wildman–Crippen LogP) is 0.681. The van der Waals surface area contributed by atoms with Crippen LogP contribution >= 0.6 is 11.8 Å². The number of hydrogen-bond acceptors (Lipinski definition) is 5. The van der Waals surface area contributed by atoms with Gasteiger partial charge >= 0.3 is 11.8 Å². The quantitative estimate of drug-likeness (QED) is 0.629. The van der Waals surface area contributed by atoms with Crippen LogP contribution in [0.2, 0.25) is 0 Å². The van der Waals surface area contributed by atoms with Gasteiger partial charge in [0, 0.05) is 30.6 Å². The Kier molecular flexibility index (Phi) is 6.20. The van der Waals surface area contributed by atoms with Crippen molar-refractivity contribution in [2.45, 2.75) is 11.8 Å². The molecule has 3 N–H and O–H groups in total. The number of hydrogen-bond donors (Lipinski definition) is 2. The molecule has 1 rings (SSSR count). The molecular weight excluding hydrogens is 278 g/mol. The predicted molar refractivity (Wildman–Crippen MR) is 78.3 cm³/mol. The largest absolute Gasteiger partial charge is 0.329 e. The summed E-state index contributed by atoms with van der Waals surface area (Å²) >= 11 is 1.52. The van der Waals surface area contributed by atoms with Crippen molar-refractivity contribution >= 4 is 35.2 Å². The number of anilines is 1. The van der Waals surface area contributed by atoms with Crippen molar-refractivity contribution in [1.29, 1.82) is 0 Å². The van der Waals surface area contributed by atoms with Crippen LogP contribution in [0.3, 0.4) is 0 Å². The highest BCUT2D eigenvalue weighted by Gasteiger charge is 2.24. The molecule has 1 aromatic carbocycles. The molecule has 1 aromatic rings. The molecule has 0 spiro atoms. The van der Waals surface area contributed by atoms with Gasteiger partial charge in [0.05, 0.1) is 0 Å². The van der Waals surface area contributed by atoms with E-state index in [-0.39, 0.29) is 13.1 Å². The molecule has 0 aliphatic rings. The summed E-state index contributed by atoms with van der Waals surface area (Å²) in [4.78, 5) is 36.8. The summed E-state index contributed by atoms with van der Waals surface area (Å²) in [7, 11) is 0. The molecule has 20 heavy (non-hydrogen) atoms. The topological polar surface area (TPSA) is 92.5 Å². The summed E-state index contributed by atoms with van der Waals surface area (Å²) in [6.45, 7) is 1.35. The third-order valence-electron chi connectivity index (χ3n) is 2.50. The maximum atomic E-state index is 11.9. The zero-order valence-corrected chi connectivity index (χ0v) is 12.2. The Morgan fingerprint density at radius 2 is 2.05 bits per heavy atom. The standard InChI is InChI=1S/C13H17N3O3S/c1-9(17)16(7-6-14)13(19)12(18)15-10-4-3-5-11(8-10)20-2/h3-5,8H,6-7,14H2,1-2H3,(H,15,18). The number of thioether (sulfide) groups is 1. The summed E-state index contributed by atoms with van der Waals surface area (Å²) in [5, 5.41) is 2.47. The van der Waals surface area contributed by atoms with Gasteiger partial charge in [-0.1, -0.05) is 6.07 Å². The molecule has 7 heteroatoms. The lowest BCUT2D eigenvalue weighted by atomic mass is 10.3. The number of amides is 3. The van der Waals surface area contributed by atoms with Crippen molar-refractivity contribution in [1.82, 2.24) is 4.90 Å². The lowest BCUT2D eigenvalue weighted by Gasteiger charge is -2.17. The van der Waals surface area contributed by atoms with E-state index in [9.17, 15) is 14.4 Å². The number of nitrogens with two attached hydrogens (primary N) is 1. The first-order valence-corrected chi connectivity index (χ1v) is 7.19. The van der Waals surface area contributed by atoms with Gasteiger partial charge in [-0.2, -0.15) is 0 Å². The highest BCUT2D eigenvalue weighted by atomic mass is 32.2. The molecule has 0 unspecified atom stereocenters. The van der Waals surface area contributed by atoms with Crippen LogP contribution in [0.1, 0.15) is 6.92 Å².